The highest BCUT2D eigenvalue weighted by Gasteiger charge is 2.30. The van der Waals surface area contributed by atoms with E-state index in [2.05, 4.69) is 0 Å². The standard InChI is InChI=1S/C12H10O4/c13-11(14)6-10(12(15)16)9-5-4-7-2-1-3-8(7)9/h1-5,10H,6H2,(H,13,14)(H,15,16). The molecule has 2 N–H and O–H groups in total. The van der Waals surface area contributed by atoms with Crippen LogP contribution >= 0.6 is 0 Å². The highest BCUT2D eigenvalue weighted by molar-refractivity contribution is 5.84. The maximum Gasteiger partial charge on any atom is 0.311 e. The molecular weight excluding hydrogens is 208 g/mol. The summed E-state index contributed by atoms with van der Waals surface area (Å²) >= 11 is 0. The molecular formula is C12H10O4. The summed E-state index contributed by atoms with van der Waals surface area (Å²) in [6.45, 7) is 0. The molecule has 4 nitrogen and oxygen atoms in total. The van der Waals surface area contributed by atoms with Crippen LogP contribution in [0.4, 0.5) is 0 Å². The van der Waals surface area contributed by atoms with E-state index in [0.29, 0.717) is 5.57 Å². The molecule has 0 saturated carbocycles. The van der Waals surface area contributed by atoms with Gasteiger partial charge in [0.15, 0.2) is 0 Å². The van der Waals surface area contributed by atoms with Gasteiger partial charge in [0.25, 0.3) is 0 Å². The van der Waals surface area contributed by atoms with Gasteiger partial charge in [0, 0.05) is 0 Å². The third-order valence-corrected chi connectivity index (χ3v) is 2.66. The molecule has 16 heavy (non-hydrogen) atoms. The maximum absolute atomic E-state index is 11.0. The fourth-order valence-corrected chi connectivity index (χ4v) is 1.92. The zero-order chi connectivity index (χ0) is 11.7. The number of allylic oxidation sites excluding steroid dienone is 7. The molecule has 0 saturated heterocycles. The van der Waals surface area contributed by atoms with Crippen molar-refractivity contribution in [3.8, 4) is 0 Å². The normalized spacial score (nSPS) is 18.6. The van der Waals surface area contributed by atoms with Gasteiger partial charge in [0.2, 0.25) is 0 Å². The summed E-state index contributed by atoms with van der Waals surface area (Å²) in [6.07, 6.45) is 8.61. The summed E-state index contributed by atoms with van der Waals surface area (Å²) in [5, 5.41) is 17.7. The summed E-state index contributed by atoms with van der Waals surface area (Å²) in [5.41, 5.74) is 2.36. The molecule has 0 aliphatic heterocycles. The van der Waals surface area contributed by atoms with Crippen molar-refractivity contribution in [1.29, 1.82) is 0 Å². The molecule has 0 aromatic carbocycles. The third kappa shape index (κ3) is 1.69. The van der Waals surface area contributed by atoms with E-state index in [4.69, 9.17) is 10.2 Å². The molecule has 0 bridgehead atoms. The van der Waals surface area contributed by atoms with Crippen LogP contribution in [-0.2, 0) is 9.59 Å². The van der Waals surface area contributed by atoms with Gasteiger partial charge in [-0.1, -0.05) is 30.4 Å². The smallest absolute Gasteiger partial charge is 0.311 e. The minimum atomic E-state index is -1.10. The Balaban J connectivity index is 2.24. The Morgan fingerprint density at radius 2 is 1.94 bits per heavy atom. The lowest BCUT2D eigenvalue weighted by Crippen LogP contribution is -2.20. The number of carboxylic acids is 2. The Labute approximate surface area is 91.9 Å². The van der Waals surface area contributed by atoms with Crippen LogP contribution in [0.2, 0.25) is 0 Å². The van der Waals surface area contributed by atoms with Crippen molar-refractivity contribution in [3.63, 3.8) is 0 Å². The Hall–Kier alpha value is -2.10. The zero-order valence-corrected chi connectivity index (χ0v) is 8.38. The zero-order valence-electron chi connectivity index (χ0n) is 8.38. The van der Waals surface area contributed by atoms with E-state index in [0.717, 1.165) is 11.1 Å². The molecule has 4 heteroatoms. The molecule has 0 aromatic rings. The second-order valence-corrected chi connectivity index (χ2v) is 3.67. The Bertz CT molecular complexity index is 477. The summed E-state index contributed by atoms with van der Waals surface area (Å²) < 4.78 is 0. The Morgan fingerprint density at radius 3 is 2.56 bits per heavy atom. The predicted molar refractivity (Wildman–Crippen MR) is 56.8 cm³/mol. The number of carbonyl (C=O) groups is 2. The molecule has 1 atom stereocenters. The van der Waals surface area contributed by atoms with Gasteiger partial charge in [-0.25, -0.2) is 0 Å². The maximum atomic E-state index is 11.0. The van der Waals surface area contributed by atoms with Crippen LogP contribution < -0.4 is 0 Å². The Morgan fingerprint density at radius 1 is 1.19 bits per heavy atom. The molecule has 0 amide bonds. The van der Waals surface area contributed by atoms with Gasteiger partial charge in [0.05, 0.1) is 12.3 Å². The lowest BCUT2D eigenvalue weighted by molar-refractivity contribution is -0.146. The first-order chi connectivity index (χ1) is 7.59. The molecule has 0 fully saturated rings. The number of fused-ring (bicyclic) bond motifs is 1. The van der Waals surface area contributed by atoms with E-state index in [1.807, 2.05) is 24.3 Å². The van der Waals surface area contributed by atoms with Gasteiger partial charge in [-0.3, -0.25) is 9.59 Å². The average Bonchev–Trinajstić information content (AvgIpc) is 2.74. The second-order valence-electron chi connectivity index (χ2n) is 3.67. The molecule has 2 aliphatic rings. The van der Waals surface area contributed by atoms with Crippen molar-refractivity contribution in [2.24, 2.45) is 5.92 Å². The van der Waals surface area contributed by atoms with Crippen molar-refractivity contribution in [3.05, 3.63) is 47.1 Å². The highest BCUT2D eigenvalue weighted by atomic mass is 16.4. The van der Waals surface area contributed by atoms with Crippen LogP contribution in [-0.4, -0.2) is 22.2 Å². The molecule has 0 radical (unpaired) electrons. The highest BCUT2D eigenvalue weighted by Crippen LogP contribution is 2.36. The quantitative estimate of drug-likeness (QED) is 0.750. The van der Waals surface area contributed by atoms with Crippen molar-refractivity contribution in [2.75, 3.05) is 0 Å². The molecule has 2 rings (SSSR count). The number of rotatable bonds is 4. The van der Waals surface area contributed by atoms with Gasteiger partial charge in [0.1, 0.15) is 0 Å². The second kappa shape index (κ2) is 3.81. The van der Waals surface area contributed by atoms with Gasteiger partial charge < -0.3 is 10.2 Å². The minimum absolute atomic E-state index is 0.389. The molecule has 2 aliphatic carbocycles. The molecule has 0 heterocycles. The number of hydrogen-bond acceptors (Lipinski definition) is 2. The van der Waals surface area contributed by atoms with E-state index in [1.165, 1.54) is 0 Å². The van der Waals surface area contributed by atoms with Gasteiger partial charge >= 0.3 is 11.9 Å². The molecule has 82 valence electrons. The van der Waals surface area contributed by atoms with Crippen LogP contribution in [0.3, 0.4) is 0 Å². The number of hydrogen-bond donors (Lipinski definition) is 2. The first-order valence-corrected chi connectivity index (χ1v) is 4.85. The van der Waals surface area contributed by atoms with Gasteiger partial charge in [-0.05, 0) is 16.7 Å². The SMILES string of the molecule is O=C(O)CC(C(=O)O)C1=CC=C2C=CC=C21. The molecule has 0 spiro atoms. The van der Waals surface area contributed by atoms with Crippen molar-refractivity contribution < 1.29 is 19.8 Å². The average molecular weight is 218 g/mol. The first-order valence-electron chi connectivity index (χ1n) is 4.85. The van der Waals surface area contributed by atoms with E-state index in [1.54, 1.807) is 6.08 Å². The summed E-state index contributed by atoms with van der Waals surface area (Å²) in [6, 6.07) is 0. The lowest BCUT2D eigenvalue weighted by Gasteiger charge is -2.13. The van der Waals surface area contributed by atoms with Crippen molar-refractivity contribution >= 4 is 11.9 Å². The topological polar surface area (TPSA) is 74.6 Å². The fourth-order valence-electron chi connectivity index (χ4n) is 1.92. The fraction of sp³-hybridized carbons (Fsp3) is 0.167. The summed E-state index contributed by atoms with van der Waals surface area (Å²) in [5.74, 6) is -3.18. The van der Waals surface area contributed by atoms with E-state index in [9.17, 15) is 9.59 Å². The number of carboxylic acid groups (broad SMARTS) is 2. The van der Waals surface area contributed by atoms with E-state index in [-0.39, 0.29) is 6.42 Å². The minimum Gasteiger partial charge on any atom is -0.481 e. The summed E-state index contributed by atoms with van der Waals surface area (Å²) in [7, 11) is 0. The molecule has 1 unspecified atom stereocenters. The summed E-state index contributed by atoms with van der Waals surface area (Å²) in [4.78, 5) is 21.7. The predicted octanol–water partition coefficient (Wildman–Crippen LogP) is 1.52. The molecule has 0 aromatic heterocycles. The van der Waals surface area contributed by atoms with Crippen molar-refractivity contribution in [2.45, 2.75) is 6.42 Å². The van der Waals surface area contributed by atoms with E-state index < -0.39 is 17.9 Å². The first kappa shape index (κ1) is 10.4. The largest absolute Gasteiger partial charge is 0.481 e. The van der Waals surface area contributed by atoms with Crippen LogP contribution in [0.25, 0.3) is 0 Å². The van der Waals surface area contributed by atoms with Crippen LogP contribution in [0.5, 0.6) is 0 Å². The van der Waals surface area contributed by atoms with Crippen LogP contribution in [0.1, 0.15) is 6.42 Å². The van der Waals surface area contributed by atoms with Crippen LogP contribution in [0, 0.1) is 5.92 Å². The van der Waals surface area contributed by atoms with E-state index >= 15 is 0 Å². The van der Waals surface area contributed by atoms with Gasteiger partial charge in [-0.15, -0.1) is 0 Å². The van der Waals surface area contributed by atoms with Gasteiger partial charge in [-0.2, -0.15) is 0 Å². The Kier molecular flexibility index (Phi) is 2.48. The number of aliphatic carboxylic acids is 2. The third-order valence-electron chi connectivity index (χ3n) is 2.66. The van der Waals surface area contributed by atoms with Crippen LogP contribution in [0.15, 0.2) is 47.1 Å². The lowest BCUT2D eigenvalue weighted by atomic mass is 9.90. The monoisotopic (exact) mass is 218 g/mol. The van der Waals surface area contributed by atoms with Crippen molar-refractivity contribution in [1.82, 2.24) is 0 Å².